The minimum Gasteiger partial charge on any atom is -0.354 e. The average Bonchev–Trinajstić information content (AvgIpc) is 3.83. The monoisotopic (exact) mass is 715 g/mol. The number of benzene rings is 8. The molecule has 0 aliphatic rings. The van der Waals surface area contributed by atoms with Gasteiger partial charge in [0.1, 0.15) is 0 Å². The summed E-state index contributed by atoms with van der Waals surface area (Å²) in [5, 5.41) is 4.87. The van der Waals surface area contributed by atoms with E-state index in [0.717, 1.165) is 50.0 Å². The van der Waals surface area contributed by atoms with Crippen molar-refractivity contribution in [1.29, 1.82) is 0 Å². The Hall–Kier alpha value is -7.63. The third-order valence-electron chi connectivity index (χ3n) is 10.8. The Labute approximate surface area is 323 Å². The summed E-state index contributed by atoms with van der Waals surface area (Å²) in [6.45, 7) is 0. The number of nitrogens with one attached hydrogen (secondary N) is 1. The van der Waals surface area contributed by atoms with Crippen molar-refractivity contribution in [3.8, 4) is 62.1 Å². The molecular weight excluding hydrogens is 683 g/mol. The second-order valence-corrected chi connectivity index (χ2v) is 14.1. The summed E-state index contributed by atoms with van der Waals surface area (Å²) >= 11 is 0. The summed E-state index contributed by atoms with van der Waals surface area (Å²) in [6.07, 6.45) is 0. The summed E-state index contributed by atoms with van der Waals surface area (Å²) in [6, 6.07) is 68.1. The van der Waals surface area contributed by atoms with E-state index in [1.54, 1.807) is 0 Å². The molecule has 0 fully saturated rings. The van der Waals surface area contributed by atoms with E-state index in [9.17, 15) is 0 Å². The average molecular weight is 716 g/mol. The first-order valence-electron chi connectivity index (χ1n) is 18.9. The molecule has 11 rings (SSSR count). The highest BCUT2D eigenvalue weighted by atomic mass is 15.0. The number of nitrogens with zero attached hydrogens (tertiary/aromatic N) is 4. The molecule has 1 N–H and O–H groups in total. The van der Waals surface area contributed by atoms with Gasteiger partial charge in [0.2, 0.25) is 0 Å². The molecule has 0 radical (unpaired) electrons. The van der Waals surface area contributed by atoms with E-state index in [1.807, 2.05) is 36.4 Å². The molecular formula is C51H33N5. The normalized spacial score (nSPS) is 11.6. The van der Waals surface area contributed by atoms with Gasteiger partial charge in [0.25, 0.3) is 0 Å². The van der Waals surface area contributed by atoms with Gasteiger partial charge in [-0.15, -0.1) is 0 Å². The Morgan fingerprint density at radius 3 is 1.66 bits per heavy atom. The highest BCUT2D eigenvalue weighted by Crippen LogP contribution is 2.39. The summed E-state index contributed by atoms with van der Waals surface area (Å²) < 4.78 is 2.35. The fourth-order valence-corrected chi connectivity index (χ4v) is 8.11. The van der Waals surface area contributed by atoms with E-state index in [-0.39, 0.29) is 0 Å². The van der Waals surface area contributed by atoms with Gasteiger partial charge >= 0.3 is 0 Å². The topological polar surface area (TPSA) is 59.4 Å². The van der Waals surface area contributed by atoms with Gasteiger partial charge in [0, 0.05) is 55.0 Å². The van der Waals surface area contributed by atoms with Crippen LogP contribution >= 0.6 is 0 Å². The van der Waals surface area contributed by atoms with Crippen molar-refractivity contribution in [1.82, 2.24) is 24.5 Å². The van der Waals surface area contributed by atoms with Gasteiger partial charge in [0.15, 0.2) is 17.5 Å². The lowest BCUT2D eigenvalue weighted by Crippen LogP contribution is -2.01. The van der Waals surface area contributed by atoms with Gasteiger partial charge in [-0.3, -0.25) is 0 Å². The van der Waals surface area contributed by atoms with Gasteiger partial charge < -0.3 is 9.55 Å². The van der Waals surface area contributed by atoms with Crippen molar-refractivity contribution in [2.45, 2.75) is 0 Å². The molecule has 262 valence electrons. The van der Waals surface area contributed by atoms with Crippen LogP contribution in [0.3, 0.4) is 0 Å². The quantitative estimate of drug-likeness (QED) is 0.186. The van der Waals surface area contributed by atoms with Gasteiger partial charge in [0.05, 0.1) is 16.6 Å². The van der Waals surface area contributed by atoms with E-state index in [4.69, 9.17) is 15.0 Å². The predicted molar refractivity (Wildman–Crippen MR) is 231 cm³/mol. The molecule has 8 aromatic carbocycles. The number of aromatic nitrogens is 5. The van der Waals surface area contributed by atoms with Crippen molar-refractivity contribution >= 4 is 43.6 Å². The maximum absolute atomic E-state index is 5.10. The molecule has 0 bridgehead atoms. The largest absolute Gasteiger partial charge is 0.354 e. The van der Waals surface area contributed by atoms with Crippen LogP contribution in [0.25, 0.3) is 106 Å². The van der Waals surface area contributed by atoms with Crippen molar-refractivity contribution in [3.63, 3.8) is 0 Å². The molecule has 0 atom stereocenters. The molecule has 0 unspecified atom stereocenters. The van der Waals surface area contributed by atoms with Crippen molar-refractivity contribution in [2.75, 3.05) is 0 Å². The predicted octanol–water partition coefficient (Wildman–Crippen LogP) is 12.9. The Bertz CT molecular complexity index is 3230. The molecule has 3 heterocycles. The SMILES string of the molecule is c1ccc(-c2ccc(-c3nc(-c4ccccc4)nc(-c4cccc(-n5c6ccccc6c6cc(-c7cccc8c7[nH]c7ccccc78)ccc65)c4)n3)cc2)cc1. The Kier molecular flexibility index (Phi) is 7.42. The summed E-state index contributed by atoms with van der Waals surface area (Å²) in [5.41, 5.74) is 13.1. The van der Waals surface area contributed by atoms with E-state index in [0.29, 0.717) is 17.5 Å². The van der Waals surface area contributed by atoms with Gasteiger partial charge in [-0.1, -0.05) is 158 Å². The number of para-hydroxylation sites is 3. The first-order valence-corrected chi connectivity index (χ1v) is 18.9. The third-order valence-corrected chi connectivity index (χ3v) is 10.8. The highest BCUT2D eigenvalue weighted by molar-refractivity contribution is 6.14. The maximum atomic E-state index is 5.10. The first kappa shape index (κ1) is 31.9. The molecule has 0 aliphatic heterocycles. The van der Waals surface area contributed by atoms with E-state index in [1.165, 1.54) is 38.2 Å². The molecule has 0 aliphatic carbocycles. The second-order valence-electron chi connectivity index (χ2n) is 14.1. The molecule has 0 saturated carbocycles. The van der Waals surface area contributed by atoms with Crippen molar-refractivity contribution in [2.24, 2.45) is 0 Å². The molecule has 0 spiro atoms. The standard InChI is InChI=1S/C51H33N5/c1-3-13-33(14-4-1)34-25-27-36(28-26-34)50-53-49(35-15-5-2-6-16-35)54-51(55-50)38-17-11-18-39(31-38)56-46-24-10-8-20-42(46)44-32-37(29-30-47(44)56)40-21-12-22-43-41-19-7-9-23-45(41)52-48(40)43/h1-32,52H. The van der Waals surface area contributed by atoms with Gasteiger partial charge in [-0.2, -0.15) is 0 Å². The molecule has 3 aromatic heterocycles. The fraction of sp³-hybridized carbons (Fsp3) is 0. The van der Waals surface area contributed by atoms with Crippen LogP contribution in [0.1, 0.15) is 0 Å². The van der Waals surface area contributed by atoms with Crippen LogP contribution in [0.15, 0.2) is 194 Å². The zero-order chi connectivity index (χ0) is 37.0. The van der Waals surface area contributed by atoms with Crippen molar-refractivity contribution in [3.05, 3.63) is 194 Å². The number of hydrogen-bond acceptors (Lipinski definition) is 3. The third kappa shape index (κ3) is 5.37. The molecule has 0 saturated heterocycles. The lowest BCUT2D eigenvalue weighted by atomic mass is 10.00. The first-order chi connectivity index (χ1) is 27.7. The van der Waals surface area contributed by atoms with Crippen LogP contribution < -0.4 is 0 Å². The highest BCUT2D eigenvalue weighted by Gasteiger charge is 2.17. The Morgan fingerprint density at radius 1 is 0.339 bits per heavy atom. The lowest BCUT2D eigenvalue weighted by molar-refractivity contribution is 1.07. The smallest absolute Gasteiger partial charge is 0.164 e. The number of H-pyrrole nitrogens is 1. The maximum Gasteiger partial charge on any atom is 0.164 e. The molecule has 5 heteroatoms. The van der Waals surface area contributed by atoms with Crippen molar-refractivity contribution < 1.29 is 0 Å². The zero-order valence-electron chi connectivity index (χ0n) is 30.3. The van der Waals surface area contributed by atoms with Gasteiger partial charge in [-0.05, 0) is 53.1 Å². The summed E-state index contributed by atoms with van der Waals surface area (Å²) in [4.78, 5) is 18.9. The number of rotatable bonds is 6. The van der Waals surface area contributed by atoms with Crippen LogP contribution in [-0.2, 0) is 0 Å². The number of hydrogen-bond donors (Lipinski definition) is 1. The Morgan fingerprint density at radius 2 is 0.875 bits per heavy atom. The van der Waals surface area contributed by atoms with Crippen LogP contribution in [0.5, 0.6) is 0 Å². The van der Waals surface area contributed by atoms with E-state index in [2.05, 4.69) is 167 Å². The zero-order valence-corrected chi connectivity index (χ0v) is 30.3. The summed E-state index contributed by atoms with van der Waals surface area (Å²) in [5.74, 6) is 1.89. The van der Waals surface area contributed by atoms with Crippen LogP contribution in [0.4, 0.5) is 0 Å². The molecule has 0 amide bonds. The van der Waals surface area contributed by atoms with Gasteiger partial charge in [-0.25, -0.2) is 15.0 Å². The minimum atomic E-state index is 0.623. The van der Waals surface area contributed by atoms with E-state index >= 15 is 0 Å². The van der Waals surface area contributed by atoms with Crippen LogP contribution in [0.2, 0.25) is 0 Å². The number of fused-ring (bicyclic) bond motifs is 6. The van der Waals surface area contributed by atoms with Crippen LogP contribution in [0, 0.1) is 0 Å². The molecule has 56 heavy (non-hydrogen) atoms. The number of aromatic amines is 1. The summed E-state index contributed by atoms with van der Waals surface area (Å²) in [7, 11) is 0. The minimum absolute atomic E-state index is 0.623. The Balaban J connectivity index is 1.04. The fourth-order valence-electron chi connectivity index (χ4n) is 8.11. The van der Waals surface area contributed by atoms with Crippen LogP contribution in [-0.4, -0.2) is 24.5 Å². The molecule has 11 aromatic rings. The van der Waals surface area contributed by atoms with E-state index < -0.39 is 0 Å². The lowest BCUT2D eigenvalue weighted by Gasteiger charge is -2.12. The second kappa shape index (κ2) is 13.0. The molecule has 5 nitrogen and oxygen atoms in total.